The maximum Gasteiger partial charge on any atom is 0.145 e. The first-order chi connectivity index (χ1) is 7.98. The molecule has 4 nitrogen and oxygen atoms in total. The van der Waals surface area contributed by atoms with Crippen molar-refractivity contribution in [3.8, 4) is 11.5 Å². The summed E-state index contributed by atoms with van der Waals surface area (Å²) in [5, 5.41) is 0. The minimum Gasteiger partial charge on any atom is -0.486 e. The molecule has 18 heavy (non-hydrogen) atoms. The van der Waals surface area contributed by atoms with Crippen LogP contribution in [0.15, 0.2) is 12.1 Å². The maximum absolute atomic E-state index is 5.96. The SMILES string of the molecule is CC(C)(C)Oc1cc(N)c(OC(C)(C)C)cc1N. The molecule has 1 aromatic carbocycles. The van der Waals surface area contributed by atoms with E-state index in [-0.39, 0.29) is 11.2 Å². The average molecular weight is 252 g/mol. The fraction of sp³-hybridized carbons (Fsp3) is 0.571. The van der Waals surface area contributed by atoms with E-state index in [1.54, 1.807) is 12.1 Å². The predicted molar refractivity (Wildman–Crippen MR) is 76.0 cm³/mol. The van der Waals surface area contributed by atoms with Crippen molar-refractivity contribution in [1.29, 1.82) is 0 Å². The number of hydrogen-bond acceptors (Lipinski definition) is 4. The van der Waals surface area contributed by atoms with Gasteiger partial charge in [0.25, 0.3) is 0 Å². The molecule has 0 amide bonds. The van der Waals surface area contributed by atoms with E-state index in [1.165, 1.54) is 0 Å². The second-order valence-corrected chi connectivity index (χ2v) is 6.36. The lowest BCUT2D eigenvalue weighted by Crippen LogP contribution is -2.25. The molecule has 0 atom stereocenters. The molecule has 1 aromatic rings. The van der Waals surface area contributed by atoms with Crippen molar-refractivity contribution < 1.29 is 9.47 Å². The summed E-state index contributed by atoms with van der Waals surface area (Å²) in [6, 6.07) is 3.42. The first-order valence-corrected chi connectivity index (χ1v) is 6.05. The summed E-state index contributed by atoms with van der Waals surface area (Å²) in [6.45, 7) is 11.8. The van der Waals surface area contributed by atoms with Crippen molar-refractivity contribution in [1.82, 2.24) is 0 Å². The van der Waals surface area contributed by atoms with Crippen LogP contribution in [0.1, 0.15) is 41.5 Å². The molecule has 0 heterocycles. The van der Waals surface area contributed by atoms with Gasteiger partial charge in [-0.05, 0) is 41.5 Å². The second-order valence-electron chi connectivity index (χ2n) is 6.36. The lowest BCUT2D eigenvalue weighted by atomic mass is 10.1. The van der Waals surface area contributed by atoms with Gasteiger partial charge in [0.05, 0.1) is 11.4 Å². The molecular formula is C14H24N2O2. The van der Waals surface area contributed by atoms with Gasteiger partial charge < -0.3 is 20.9 Å². The molecule has 0 aromatic heterocycles. The van der Waals surface area contributed by atoms with Crippen LogP contribution in [0.3, 0.4) is 0 Å². The highest BCUT2D eigenvalue weighted by Crippen LogP contribution is 2.36. The summed E-state index contributed by atoms with van der Waals surface area (Å²) >= 11 is 0. The first-order valence-electron chi connectivity index (χ1n) is 6.05. The fourth-order valence-electron chi connectivity index (χ4n) is 1.43. The van der Waals surface area contributed by atoms with Gasteiger partial charge in [0.1, 0.15) is 22.7 Å². The van der Waals surface area contributed by atoms with Gasteiger partial charge in [0.15, 0.2) is 0 Å². The number of anilines is 2. The molecule has 0 fully saturated rings. The third-order valence-electron chi connectivity index (χ3n) is 1.97. The molecule has 102 valence electrons. The molecule has 0 radical (unpaired) electrons. The highest BCUT2D eigenvalue weighted by Gasteiger charge is 2.18. The number of hydrogen-bond donors (Lipinski definition) is 2. The maximum atomic E-state index is 5.96. The van der Waals surface area contributed by atoms with E-state index in [2.05, 4.69) is 0 Å². The minimum absolute atomic E-state index is 0.313. The second kappa shape index (κ2) is 4.59. The van der Waals surface area contributed by atoms with Crippen LogP contribution in [0.4, 0.5) is 11.4 Å². The van der Waals surface area contributed by atoms with Crippen LogP contribution in [-0.2, 0) is 0 Å². The summed E-state index contributed by atoms with van der Waals surface area (Å²) in [6.07, 6.45) is 0. The Morgan fingerprint density at radius 1 is 0.722 bits per heavy atom. The summed E-state index contributed by atoms with van der Waals surface area (Å²) in [4.78, 5) is 0. The summed E-state index contributed by atoms with van der Waals surface area (Å²) in [5.41, 5.74) is 12.3. The minimum atomic E-state index is -0.313. The fourth-order valence-corrected chi connectivity index (χ4v) is 1.43. The third kappa shape index (κ3) is 4.35. The molecule has 4 N–H and O–H groups in total. The monoisotopic (exact) mass is 252 g/mol. The summed E-state index contributed by atoms with van der Waals surface area (Å²) in [5.74, 6) is 1.17. The van der Waals surface area contributed by atoms with Crippen LogP contribution in [-0.4, -0.2) is 11.2 Å². The molecule has 0 saturated carbocycles. The van der Waals surface area contributed by atoms with Gasteiger partial charge in [0.2, 0.25) is 0 Å². The van der Waals surface area contributed by atoms with Crippen molar-refractivity contribution in [2.75, 3.05) is 11.5 Å². The first kappa shape index (κ1) is 14.5. The molecule has 0 aliphatic heterocycles. The Morgan fingerprint density at radius 2 is 1.00 bits per heavy atom. The van der Waals surface area contributed by atoms with Crippen molar-refractivity contribution in [3.63, 3.8) is 0 Å². The number of nitrogen functional groups attached to an aromatic ring is 2. The Balaban J connectivity index is 3.05. The molecule has 0 unspecified atom stereocenters. The summed E-state index contributed by atoms with van der Waals surface area (Å²) in [7, 11) is 0. The highest BCUT2D eigenvalue weighted by molar-refractivity contribution is 5.67. The number of nitrogens with two attached hydrogens (primary N) is 2. The Labute approximate surface area is 109 Å². The number of ether oxygens (including phenoxy) is 2. The molecule has 1 rings (SSSR count). The smallest absolute Gasteiger partial charge is 0.145 e. The van der Waals surface area contributed by atoms with E-state index < -0.39 is 0 Å². The Bertz CT molecular complexity index is 387. The van der Waals surface area contributed by atoms with Gasteiger partial charge in [-0.1, -0.05) is 0 Å². The molecule has 0 spiro atoms. The van der Waals surface area contributed by atoms with E-state index in [0.717, 1.165) is 0 Å². The highest BCUT2D eigenvalue weighted by atomic mass is 16.5. The van der Waals surface area contributed by atoms with Crippen LogP contribution in [0, 0.1) is 0 Å². The van der Waals surface area contributed by atoms with E-state index in [0.29, 0.717) is 22.9 Å². The van der Waals surface area contributed by atoms with Gasteiger partial charge in [-0.3, -0.25) is 0 Å². The number of rotatable bonds is 2. The van der Waals surface area contributed by atoms with E-state index >= 15 is 0 Å². The topological polar surface area (TPSA) is 70.5 Å². The molecular weight excluding hydrogens is 228 g/mol. The molecule has 0 aliphatic carbocycles. The average Bonchev–Trinajstić information content (AvgIpc) is 2.08. The van der Waals surface area contributed by atoms with Crippen molar-refractivity contribution >= 4 is 11.4 Å². The van der Waals surface area contributed by atoms with E-state index in [4.69, 9.17) is 20.9 Å². The van der Waals surface area contributed by atoms with Crippen LogP contribution >= 0.6 is 0 Å². The Morgan fingerprint density at radius 3 is 1.22 bits per heavy atom. The van der Waals surface area contributed by atoms with Crippen molar-refractivity contribution in [2.24, 2.45) is 0 Å². The van der Waals surface area contributed by atoms with Crippen LogP contribution in [0.25, 0.3) is 0 Å². The van der Waals surface area contributed by atoms with Crippen LogP contribution in [0.5, 0.6) is 11.5 Å². The summed E-state index contributed by atoms with van der Waals surface area (Å²) < 4.78 is 11.5. The van der Waals surface area contributed by atoms with Crippen LogP contribution in [0.2, 0.25) is 0 Å². The zero-order valence-corrected chi connectivity index (χ0v) is 12.1. The van der Waals surface area contributed by atoms with Gasteiger partial charge in [-0.2, -0.15) is 0 Å². The van der Waals surface area contributed by atoms with Gasteiger partial charge >= 0.3 is 0 Å². The molecule has 0 aliphatic rings. The molecule has 4 heteroatoms. The predicted octanol–water partition coefficient (Wildman–Crippen LogP) is 3.21. The standard InChI is InChI=1S/C14H24N2O2/c1-13(2,3)17-11-7-10(16)12(8-9(11)15)18-14(4,5)6/h7-8H,15-16H2,1-6H3. The van der Waals surface area contributed by atoms with E-state index in [9.17, 15) is 0 Å². The largest absolute Gasteiger partial charge is 0.486 e. The normalized spacial score (nSPS) is 12.3. The van der Waals surface area contributed by atoms with Crippen LogP contribution < -0.4 is 20.9 Å². The zero-order chi connectivity index (χ0) is 14.1. The lowest BCUT2D eigenvalue weighted by Gasteiger charge is -2.25. The number of benzene rings is 1. The lowest BCUT2D eigenvalue weighted by molar-refractivity contribution is 0.127. The Hall–Kier alpha value is -1.58. The van der Waals surface area contributed by atoms with Gasteiger partial charge in [-0.25, -0.2) is 0 Å². The van der Waals surface area contributed by atoms with Gasteiger partial charge in [0, 0.05) is 12.1 Å². The zero-order valence-electron chi connectivity index (χ0n) is 12.1. The van der Waals surface area contributed by atoms with Crippen molar-refractivity contribution in [3.05, 3.63) is 12.1 Å². The van der Waals surface area contributed by atoms with E-state index in [1.807, 2.05) is 41.5 Å². The molecule has 0 saturated heterocycles. The van der Waals surface area contributed by atoms with Crippen molar-refractivity contribution in [2.45, 2.75) is 52.7 Å². The third-order valence-corrected chi connectivity index (χ3v) is 1.97. The quantitative estimate of drug-likeness (QED) is 0.793. The Kier molecular flexibility index (Phi) is 3.70. The van der Waals surface area contributed by atoms with Gasteiger partial charge in [-0.15, -0.1) is 0 Å². The molecule has 0 bridgehead atoms.